The van der Waals surface area contributed by atoms with Crippen molar-refractivity contribution in [2.45, 2.75) is 37.6 Å². The molecule has 3 aromatic rings. The van der Waals surface area contributed by atoms with E-state index in [4.69, 9.17) is 22.3 Å². The van der Waals surface area contributed by atoms with Gasteiger partial charge in [0.15, 0.2) is 0 Å². The molecular weight excluding hydrogens is 408 g/mol. The molecule has 0 bridgehead atoms. The van der Waals surface area contributed by atoms with E-state index in [-0.39, 0.29) is 17.6 Å². The molecule has 0 saturated heterocycles. The smallest absolute Gasteiger partial charge is 0.267 e. The lowest BCUT2D eigenvalue weighted by Gasteiger charge is -2.57. The van der Waals surface area contributed by atoms with E-state index in [1.54, 1.807) is 17.4 Å². The van der Waals surface area contributed by atoms with Crippen LogP contribution in [0, 0.1) is 5.41 Å². The van der Waals surface area contributed by atoms with E-state index in [0.717, 1.165) is 31.2 Å². The van der Waals surface area contributed by atoms with E-state index in [2.05, 4.69) is 10.3 Å². The van der Waals surface area contributed by atoms with E-state index in [9.17, 15) is 9.59 Å². The van der Waals surface area contributed by atoms with E-state index in [0.29, 0.717) is 21.9 Å². The van der Waals surface area contributed by atoms with Crippen molar-refractivity contribution in [3.63, 3.8) is 0 Å². The van der Waals surface area contributed by atoms with Gasteiger partial charge in [0, 0.05) is 28.7 Å². The highest BCUT2D eigenvalue weighted by Crippen LogP contribution is 2.62. The van der Waals surface area contributed by atoms with E-state index in [1.165, 1.54) is 22.0 Å². The molecule has 2 saturated carbocycles. The Bertz CT molecular complexity index is 1130. The highest BCUT2D eigenvalue weighted by atomic mass is 35.5. The number of nitrogens with zero attached hydrogens (tertiary/aromatic N) is 2. The second-order valence-corrected chi connectivity index (χ2v) is 9.64. The average Bonchev–Trinajstić information content (AvgIpc) is 3.04. The Balaban J connectivity index is 1.17. The molecule has 29 heavy (non-hydrogen) atoms. The van der Waals surface area contributed by atoms with Gasteiger partial charge in [0.05, 0.1) is 15.2 Å². The monoisotopic (exact) mass is 426 g/mol. The molecule has 148 valence electrons. The molecule has 1 spiro atoms. The van der Waals surface area contributed by atoms with Crippen molar-refractivity contribution < 1.29 is 9.59 Å². The van der Waals surface area contributed by atoms with Crippen LogP contribution in [0.3, 0.4) is 0 Å². The third kappa shape index (κ3) is 3.38. The second kappa shape index (κ2) is 6.78. The molecule has 8 heteroatoms. The van der Waals surface area contributed by atoms with Crippen molar-refractivity contribution in [2.75, 3.05) is 0 Å². The number of hydrogen-bond donors (Lipinski definition) is 2. The second-order valence-electron chi connectivity index (χ2n) is 8.14. The van der Waals surface area contributed by atoms with Gasteiger partial charge in [0.25, 0.3) is 11.8 Å². The minimum Gasteiger partial charge on any atom is -0.364 e. The molecule has 2 aliphatic carbocycles. The highest BCUT2D eigenvalue weighted by molar-refractivity contribution is 7.18. The van der Waals surface area contributed by atoms with Gasteiger partial charge in [-0.1, -0.05) is 11.6 Å². The molecule has 5 rings (SSSR count). The Morgan fingerprint density at radius 2 is 1.97 bits per heavy atom. The van der Waals surface area contributed by atoms with Gasteiger partial charge in [0.2, 0.25) is 0 Å². The summed E-state index contributed by atoms with van der Waals surface area (Å²) in [7, 11) is 0. The van der Waals surface area contributed by atoms with Gasteiger partial charge in [-0.3, -0.25) is 14.6 Å². The maximum absolute atomic E-state index is 12.4. The van der Waals surface area contributed by atoms with Crippen LogP contribution in [0.25, 0.3) is 10.2 Å². The first-order valence-electron chi connectivity index (χ1n) is 9.54. The van der Waals surface area contributed by atoms with Crippen LogP contribution in [0.15, 0.2) is 36.5 Å². The zero-order valence-corrected chi connectivity index (χ0v) is 17.1. The van der Waals surface area contributed by atoms with E-state index < -0.39 is 5.91 Å². The largest absolute Gasteiger partial charge is 0.364 e. The normalized spacial score (nSPS) is 25.4. The number of pyridine rings is 1. The Hall–Kier alpha value is -2.51. The van der Waals surface area contributed by atoms with Crippen molar-refractivity contribution in [1.29, 1.82) is 0 Å². The fourth-order valence-corrected chi connectivity index (χ4v) is 5.86. The van der Waals surface area contributed by atoms with Crippen LogP contribution in [-0.4, -0.2) is 27.8 Å². The Morgan fingerprint density at radius 3 is 2.72 bits per heavy atom. The number of aromatic nitrogens is 2. The maximum Gasteiger partial charge on any atom is 0.267 e. The first kappa shape index (κ1) is 18.5. The summed E-state index contributed by atoms with van der Waals surface area (Å²) in [6.07, 6.45) is 5.64. The summed E-state index contributed by atoms with van der Waals surface area (Å²) in [6.45, 7) is 0. The summed E-state index contributed by atoms with van der Waals surface area (Å²) >= 11 is 7.82. The molecule has 0 radical (unpaired) electrons. The summed E-state index contributed by atoms with van der Waals surface area (Å²) in [5, 5.41) is 4.97. The lowest BCUT2D eigenvalue weighted by molar-refractivity contribution is -0.0187. The van der Waals surface area contributed by atoms with Gasteiger partial charge in [-0.15, -0.1) is 11.3 Å². The molecule has 3 N–H and O–H groups in total. The SMILES string of the molecule is NC(=O)c1cc(C(=O)NC2CC3(C2)CC(c2nc4cc(Cl)ccc4s2)C3)ccn1. The predicted molar refractivity (Wildman–Crippen MR) is 112 cm³/mol. The summed E-state index contributed by atoms with van der Waals surface area (Å²) in [5.74, 6) is -0.324. The molecule has 0 unspecified atom stereocenters. The van der Waals surface area contributed by atoms with Crippen molar-refractivity contribution in [3.05, 3.63) is 57.8 Å². The number of nitrogens with one attached hydrogen (secondary N) is 1. The third-order valence-electron chi connectivity index (χ3n) is 6.04. The van der Waals surface area contributed by atoms with Crippen molar-refractivity contribution in [3.8, 4) is 0 Å². The number of nitrogens with two attached hydrogens (primary N) is 1. The Labute approximate surface area is 176 Å². The van der Waals surface area contributed by atoms with Gasteiger partial charge in [-0.25, -0.2) is 4.98 Å². The summed E-state index contributed by atoms with van der Waals surface area (Å²) in [5.41, 5.74) is 7.05. The van der Waals surface area contributed by atoms with Gasteiger partial charge in [0.1, 0.15) is 5.69 Å². The van der Waals surface area contributed by atoms with Crippen LogP contribution >= 0.6 is 22.9 Å². The van der Waals surface area contributed by atoms with Crippen LogP contribution in [0.1, 0.15) is 57.5 Å². The number of amides is 2. The van der Waals surface area contributed by atoms with Crippen molar-refractivity contribution in [1.82, 2.24) is 15.3 Å². The zero-order valence-electron chi connectivity index (χ0n) is 15.5. The number of carbonyl (C=O) groups is 2. The average molecular weight is 427 g/mol. The first-order valence-corrected chi connectivity index (χ1v) is 10.7. The van der Waals surface area contributed by atoms with Gasteiger partial charge in [-0.2, -0.15) is 0 Å². The molecule has 6 nitrogen and oxygen atoms in total. The highest BCUT2D eigenvalue weighted by Gasteiger charge is 2.54. The number of carbonyl (C=O) groups excluding carboxylic acids is 2. The standard InChI is InChI=1S/C21H19ClN4O2S/c22-13-1-2-17-15(6-13)26-20(29-17)12-7-21(8-12)9-14(10-21)25-19(28)11-3-4-24-16(5-11)18(23)27/h1-6,12,14H,7-10H2,(H2,23,27)(H,25,28). The van der Waals surface area contributed by atoms with Gasteiger partial charge < -0.3 is 11.1 Å². The molecule has 2 aliphatic rings. The Kier molecular flexibility index (Phi) is 4.33. The quantitative estimate of drug-likeness (QED) is 0.660. The Morgan fingerprint density at radius 1 is 1.17 bits per heavy atom. The van der Waals surface area contributed by atoms with E-state index >= 15 is 0 Å². The molecule has 1 aromatic carbocycles. The molecule has 2 aromatic heterocycles. The van der Waals surface area contributed by atoms with E-state index in [1.807, 2.05) is 18.2 Å². The zero-order chi connectivity index (χ0) is 20.2. The van der Waals surface area contributed by atoms with Crippen molar-refractivity contribution in [2.24, 2.45) is 11.1 Å². The topological polar surface area (TPSA) is 98.0 Å². The molecule has 2 fully saturated rings. The van der Waals surface area contributed by atoms with Crippen LogP contribution in [0.5, 0.6) is 0 Å². The van der Waals surface area contributed by atoms with Crippen LogP contribution in [0.2, 0.25) is 5.02 Å². The van der Waals surface area contributed by atoms with Crippen LogP contribution in [0.4, 0.5) is 0 Å². The summed E-state index contributed by atoms with van der Waals surface area (Å²) in [6, 6.07) is 9.05. The number of primary amides is 1. The minimum absolute atomic E-state index is 0.0988. The predicted octanol–water partition coefficient (Wildman–Crippen LogP) is 3.90. The summed E-state index contributed by atoms with van der Waals surface area (Å²) < 4.78 is 1.18. The van der Waals surface area contributed by atoms with Crippen LogP contribution in [-0.2, 0) is 0 Å². The molecule has 2 amide bonds. The van der Waals surface area contributed by atoms with Gasteiger partial charge in [-0.05, 0) is 61.4 Å². The fourth-order valence-electron chi connectivity index (χ4n) is 4.65. The lowest BCUT2D eigenvalue weighted by Crippen LogP contribution is -2.55. The van der Waals surface area contributed by atoms with Gasteiger partial charge >= 0.3 is 0 Å². The fraction of sp³-hybridized carbons (Fsp3) is 0.333. The number of fused-ring (bicyclic) bond motifs is 1. The maximum atomic E-state index is 12.4. The third-order valence-corrected chi connectivity index (χ3v) is 7.48. The first-order chi connectivity index (χ1) is 13.9. The molecule has 0 aliphatic heterocycles. The number of hydrogen-bond acceptors (Lipinski definition) is 5. The molecule has 0 atom stereocenters. The number of benzene rings is 1. The number of rotatable bonds is 4. The minimum atomic E-state index is -0.639. The number of halogens is 1. The van der Waals surface area contributed by atoms with Crippen molar-refractivity contribution >= 4 is 45.0 Å². The summed E-state index contributed by atoms with van der Waals surface area (Å²) in [4.78, 5) is 32.3. The van der Waals surface area contributed by atoms with Crippen LogP contribution < -0.4 is 11.1 Å². The number of thiazole rings is 1. The lowest BCUT2D eigenvalue weighted by atomic mass is 9.50. The molecule has 2 heterocycles. The molecular formula is C21H19ClN4O2S.